The second-order valence-electron chi connectivity index (χ2n) is 4.21. The number of rotatable bonds is 5. The van der Waals surface area contributed by atoms with Crippen LogP contribution in [0.15, 0.2) is 60.7 Å². The zero-order valence-corrected chi connectivity index (χ0v) is 10.6. The van der Waals surface area contributed by atoms with Crippen molar-refractivity contribution in [1.29, 1.82) is 0 Å². The first-order valence-corrected chi connectivity index (χ1v) is 6.13. The molecule has 2 aromatic carbocycles. The van der Waals surface area contributed by atoms with E-state index in [9.17, 15) is 13.2 Å². The highest BCUT2D eigenvalue weighted by Crippen LogP contribution is 2.28. The number of nitrogens with one attached hydrogen (secondary N) is 1. The molecular formula is C15H14F3NO. The molecule has 1 atom stereocenters. The van der Waals surface area contributed by atoms with Crippen molar-refractivity contribution < 1.29 is 17.9 Å². The van der Waals surface area contributed by atoms with Crippen molar-refractivity contribution in [3.8, 4) is 0 Å². The van der Waals surface area contributed by atoms with E-state index in [2.05, 4.69) is 10.1 Å². The van der Waals surface area contributed by atoms with Crippen molar-refractivity contribution in [3.63, 3.8) is 0 Å². The quantitative estimate of drug-likeness (QED) is 0.878. The maximum atomic E-state index is 12.5. The summed E-state index contributed by atoms with van der Waals surface area (Å²) in [7, 11) is 0. The van der Waals surface area contributed by atoms with Gasteiger partial charge in [0.1, 0.15) is 6.10 Å². The average molecular weight is 281 g/mol. The van der Waals surface area contributed by atoms with Gasteiger partial charge in [0.05, 0.1) is 0 Å². The minimum Gasteiger partial charge on any atom is -0.382 e. The molecule has 1 N–H and O–H groups in total. The van der Waals surface area contributed by atoms with Crippen LogP contribution in [0.2, 0.25) is 0 Å². The fraction of sp³-hybridized carbons (Fsp3) is 0.200. The van der Waals surface area contributed by atoms with Gasteiger partial charge in [-0.1, -0.05) is 48.5 Å². The second-order valence-corrected chi connectivity index (χ2v) is 4.21. The summed E-state index contributed by atoms with van der Waals surface area (Å²) in [4.78, 5) is 0. The Hall–Kier alpha value is -2.01. The summed E-state index contributed by atoms with van der Waals surface area (Å²) in [6.07, 6.45) is -5.75. The fourth-order valence-corrected chi connectivity index (χ4v) is 1.82. The third-order valence-corrected chi connectivity index (χ3v) is 2.71. The highest BCUT2D eigenvalue weighted by molar-refractivity contribution is 5.42. The lowest BCUT2D eigenvalue weighted by atomic mass is 10.1. The Morgan fingerprint density at radius 3 is 2.00 bits per heavy atom. The van der Waals surface area contributed by atoms with E-state index in [1.54, 1.807) is 42.5 Å². The van der Waals surface area contributed by atoms with E-state index in [-0.39, 0.29) is 6.54 Å². The first-order chi connectivity index (χ1) is 9.54. The molecule has 0 amide bonds. The van der Waals surface area contributed by atoms with Crippen LogP contribution in [0.3, 0.4) is 0 Å². The van der Waals surface area contributed by atoms with Crippen molar-refractivity contribution in [3.05, 3.63) is 66.2 Å². The summed E-state index contributed by atoms with van der Waals surface area (Å²) in [5.74, 6) is 0. The Labute approximate surface area is 115 Å². The van der Waals surface area contributed by atoms with Gasteiger partial charge in [0, 0.05) is 12.2 Å². The third-order valence-electron chi connectivity index (χ3n) is 2.71. The van der Waals surface area contributed by atoms with Gasteiger partial charge >= 0.3 is 6.36 Å². The van der Waals surface area contributed by atoms with E-state index in [4.69, 9.17) is 0 Å². The van der Waals surface area contributed by atoms with Crippen LogP contribution < -0.4 is 5.32 Å². The number of alkyl halides is 3. The van der Waals surface area contributed by atoms with Gasteiger partial charge in [-0.15, -0.1) is 13.2 Å². The van der Waals surface area contributed by atoms with Crippen LogP contribution >= 0.6 is 0 Å². The molecule has 2 aromatic rings. The van der Waals surface area contributed by atoms with E-state index >= 15 is 0 Å². The van der Waals surface area contributed by atoms with Gasteiger partial charge in [-0.05, 0) is 17.7 Å². The van der Waals surface area contributed by atoms with Crippen molar-refractivity contribution in [2.45, 2.75) is 12.5 Å². The minimum atomic E-state index is -4.67. The van der Waals surface area contributed by atoms with Gasteiger partial charge in [0.25, 0.3) is 0 Å². The number of hydrogen-bond donors (Lipinski definition) is 1. The summed E-state index contributed by atoms with van der Waals surface area (Å²) in [6.45, 7) is 0.0353. The molecule has 0 bridgehead atoms. The molecule has 1 unspecified atom stereocenters. The van der Waals surface area contributed by atoms with E-state index in [0.29, 0.717) is 5.56 Å². The van der Waals surface area contributed by atoms with Crippen LogP contribution in [0.25, 0.3) is 0 Å². The lowest BCUT2D eigenvalue weighted by molar-refractivity contribution is -0.342. The zero-order valence-electron chi connectivity index (χ0n) is 10.6. The first-order valence-electron chi connectivity index (χ1n) is 6.13. The lowest BCUT2D eigenvalue weighted by Crippen LogP contribution is -2.23. The van der Waals surface area contributed by atoms with E-state index in [1.807, 2.05) is 18.2 Å². The Bertz CT molecular complexity index is 514. The van der Waals surface area contributed by atoms with Crippen molar-refractivity contribution in [2.75, 3.05) is 11.9 Å². The minimum absolute atomic E-state index is 0.0353. The number of ether oxygens (including phenoxy) is 1. The Morgan fingerprint density at radius 2 is 1.45 bits per heavy atom. The molecule has 0 fully saturated rings. The Morgan fingerprint density at radius 1 is 0.900 bits per heavy atom. The number of halogens is 3. The molecule has 0 saturated heterocycles. The predicted octanol–water partition coefficient (Wildman–Crippen LogP) is 4.38. The molecule has 0 aliphatic heterocycles. The molecule has 2 nitrogen and oxygen atoms in total. The highest BCUT2D eigenvalue weighted by atomic mass is 19.4. The highest BCUT2D eigenvalue weighted by Gasteiger charge is 2.34. The number of anilines is 1. The van der Waals surface area contributed by atoms with E-state index in [1.165, 1.54) is 0 Å². The molecule has 0 spiro atoms. The molecule has 20 heavy (non-hydrogen) atoms. The molecule has 0 heterocycles. The molecule has 106 valence electrons. The van der Waals surface area contributed by atoms with E-state index in [0.717, 1.165) is 5.69 Å². The molecule has 0 radical (unpaired) electrons. The van der Waals surface area contributed by atoms with Gasteiger partial charge in [-0.25, -0.2) is 0 Å². The summed E-state index contributed by atoms with van der Waals surface area (Å²) < 4.78 is 41.6. The van der Waals surface area contributed by atoms with Gasteiger partial charge in [-0.3, -0.25) is 4.74 Å². The maximum absolute atomic E-state index is 12.5. The fourth-order valence-electron chi connectivity index (χ4n) is 1.82. The van der Waals surface area contributed by atoms with Gasteiger partial charge in [0.15, 0.2) is 0 Å². The SMILES string of the molecule is FC(F)(F)OC(CNc1ccccc1)c1ccccc1. The van der Waals surface area contributed by atoms with E-state index < -0.39 is 12.5 Å². The number of hydrogen-bond acceptors (Lipinski definition) is 2. The van der Waals surface area contributed by atoms with Crippen LogP contribution in [0.1, 0.15) is 11.7 Å². The largest absolute Gasteiger partial charge is 0.523 e. The Balaban J connectivity index is 2.07. The summed E-state index contributed by atoms with van der Waals surface area (Å²) in [5, 5.41) is 2.94. The molecule has 0 aliphatic rings. The molecule has 2 rings (SSSR count). The average Bonchev–Trinajstić information content (AvgIpc) is 2.44. The summed E-state index contributed by atoms with van der Waals surface area (Å²) in [5.41, 5.74) is 1.23. The topological polar surface area (TPSA) is 21.3 Å². The van der Waals surface area contributed by atoms with Gasteiger partial charge in [-0.2, -0.15) is 0 Å². The number of para-hydroxylation sites is 1. The van der Waals surface area contributed by atoms with Crippen LogP contribution in [0.5, 0.6) is 0 Å². The number of benzene rings is 2. The standard InChI is InChI=1S/C15H14F3NO/c16-15(17,18)20-14(12-7-3-1-4-8-12)11-19-13-9-5-2-6-10-13/h1-10,14,19H,11H2. The normalized spacial score (nSPS) is 12.9. The smallest absolute Gasteiger partial charge is 0.382 e. The maximum Gasteiger partial charge on any atom is 0.523 e. The van der Waals surface area contributed by atoms with Crippen molar-refractivity contribution in [2.24, 2.45) is 0 Å². The molecule has 0 saturated carbocycles. The summed E-state index contributed by atoms with van der Waals surface area (Å²) >= 11 is 0. The molecule has 0 aliphatic carbocycles. The van der Waals surface area contributed by atoms with Gasteiger partial charge < -0.3 is 5.32 Å². The van der Waals surface area contributed by atoms with Crippen LogP contribution in [-0.2, 0) is 4.74 Å². The Kier molecular flexibility index (Phi) is 4.63. The first kappa shape index (κ1) is 14.4. The lowest BCUT2D eigenvalue weighted by Gasteiger charge is -2.20. The monoisotopic (exact) mass is 281 g/mol. The van der Waals surface area contributed by atoms with Crippen LogP contribution in [-0.4, -0.2) is 12.9 Å². The zero-order chi connectivity index (χ0) is 14.4. The predicted molar refractivity (Wildman–Crippen MR) is 71.3 cm³/mol. The van der Waals surface area contributed by atoms with Crippen molar-refractivity contribution in [1.82, 2.24) is 0 Å². The summed E-state index contributed by atoms with van der Waals surface area (Å²) in [6, 6.07) is 17.4. The molecule has 5 heteroatoms. The van der Waals surface area contributed by atoms with Gasteiger partial charge in [0.2, 0.25) is 0 Å². The molecule has 0 aromatic heterocycles. The second kappa shape index (κ2) is 6.43. The molecular weight excluding hydrogens is 267 g/mol. The van der Waals surface area contributed by atoms with Crippen LogP contribution in [0.4, 0.5) is 18.9 Å². The van der Waals surface area contributed by atoms with Crippen molar-refractivity contribution >= 4 is 5.69 Å². The third kappa shape index (κ3) is 4.59. The van der Waals surface area contributed by atoms with Crippen LogP contribution in [0, 0.1) is 0 Å².